The van der Waals surface area contributed by atoms with Gasteiger partial charge in [0.05, 0.1) is 4.34 Å². The molecule has 0 aliphatic carbocycles. The van der Waals surface area contributed by atoms with Crippen molar-refractivity contribution in [3.05, 3.63) is 21.3 Å². The Morgan fingerprint density at radius 1 is 1.64 bits per heavy atom. The van der Waals surface area contributed by atoms with E-state index in [1.807, 2.05) is 6.07 Å². The van der Waals surface area contributed by atoms with E-state index in [0.717, 1.165) is 23.8 Å². The largest absolute Gasteiger partial charge is 0.326 e. The zero-order valence-electron chi connectivity index (χ0n) is 8.24. The molecule has 1 aliphatic rings. The van der Waals surface area contributed by atoms with Crippen LogP contribution in [0.4, 0.5) is 0 Å². The Labute approximate surface area is 93.7 Å². The van der Waals surface area contributed by atoms with E-state index >= 15 is 0 Å². The number of rotatable bonds is 2. The van der Waals surface area contributed by atoms with Gasteiger partial charge in [0.15, 0.2) is 0 Å². The first-order chi connectivity index (χ1) is 6.66. The van der Waals surface area contributed by atoms with E-state index in [1.54, 1.807) is 11.3 Å². The van der Waals surface area contributed by atoms with Gasteiger partial charge < -0.3 is 5.73 Å². The van der Waals surface area contributed by atoms with Crippen molar-refractivity contribution < 1.29 is 0 Å². The van der Waals surface area contributed by atoms with Crippen LogP contribution in [0.2, 0.25) is 4.34 Å². The molecule has 0 bridgehead atoms. The van der Waals surface area contributed by atoms with Crippen LogP contribution in [0, 0.1) is 0 Å². The van der Waals surface area contributed by atoms with Gasteiger partial charge in [-0.25, -0.2) is 0 Å². The van der Waals surface area contributed by atoms with Crippen LogP contribution >= 0.6 is 22.9 Å². The summed E-state index contributed by atoms with van der Waals surface area (Å²) >= 11 is 7.55. The Hall–Kier alpha value is -0.0900. The molecule has 0 saturated carbocycles. The van der Waals surface area contributed by atoms with Crippen LogP contribution in [0.1, 0.15) is 18.2 Å². The molecule has 4 heteroatoms. The van der Waals surface area contributed by atoms with Crippen molar-refractivity contribution in [1.82, 2.24) is 4.90 Å². The molecule has 2 nitrogen and oxygen atoms in total. The van der Waals surface area contributed by atoms with E-state index in [0.29, 0.717) is 12.1 Å². The molecule has 2 rings (SSSR count). The summed E-state index contributed by atoms with van der Waals surface area (Å²) in [6, 6.07) is 4.90. The van der Waals surface area contributed by atoms with Crippen LogP contribution in [-0.4, -0.2) is 23.5 Å². The average molecular weight is 231 g/mol. The summed E-state index contributed by atoms with van der Waals surface area (Å²) in [6.07, 6.45) is 1.11. The van der Waals surface area contributed by atoms with Crippen LogP contribution in [0.15, 0.2) is 12.1 Å². The number of hydrogen-bond donors (Lipinski definition) is 1. The van der Waals surface area contributed by atoms with Crippen molar-refractivity contribution >= 4 is 22.9 Å². The second kappa shape index (κ2) is 4.19. The molecule has 1 aromatic heterocycles. The predicted molar refractivity (Wildman–Crippen MR) is 61.8 cm³/mol. The highest BCUT2D eigenvalue weighted by Gasteiger charge is 2.27. The molecular formula is C10H15ClN2S. The van der Waals surface area contributed by atoms with Gasteiger partial charge >= 0.3 is 0 Å². The van der Waals surface area contributed by atoms with E-state index in [-0.39, 0.29) is 0 Å². The van der Waals surface area contributed by atoms with Crippen molar-refractivity contribution in [3.63, 3.8) is 0 Å². The second-order valence-corrected chi connectivity index (χ2v) is 5.67. The van der Waals surface area contributed by atoms with E-state index in [1.165, 1.54) is 4.88 Å². The van der Waals surface area contributed by atoms with Crippen molar-refractivity contribution in [2.45, 2.75) is 32.0 Å². The maximum atomic E-state index is 5.96. The molecule has 2 heterocycles. The highest BCUT2D eigenvalue weighted by Crippen LogP contribution is 2.25. The van der Waals surface area contributed by atoms with Gasteiger partial charge in [0.2, 0.25) is 0 Å². The number of nitrogens with two attached hydrogens (primary N) is 1. The minimum atomic E-state index is 0.338. The molecule has 0 aromatic carbocycles. The Morgan fingerprint density at radius 3 is 2.93 bits per heavy atom. The summed E-state index contributed by atoms with van der Waals surface area (Å²) in [5, 5.41) is 0. The zero-order chi connectivity index (χ0) is 10.1. The topological polar surface area (TPSA) is 29.3 Å². The van der Waals surface area contributed by atoms with Gasteiger partial charge in [-0.2, -0.15) is 0 Å². The molecule has 0 amide bonds. The number of thiophene rings is 1. The van der Waals surface area contributed by atoms with Gasteiger partial charge in [0, 0.05) is 30.1 Å². The smallest absolute Gasteiger partial charge is 0.0931 e. The first-order valence-electron chi connectivity index (χ1n) is 4.90. The number of likely N-dealkylation sites (tertiary alicyclic amines) is 1. The summed E-state index contributed by atoms with van der Waals surface area (Å²) in [5.74, 6) is 0. The Morgan fingerprint density at radius 2 is 2.43 bits per heavy atom. The van der Waals surface area contributed by atoms with E-state index in [4.69, 9.17) is 17.3 Å². The van der Waals surface area contributed by atoms with Crippen molar-refractivity contribution in [2.75, 3.05) is 6.54 Å². The van der Waals surface area contributed by atoms with E-state index in [2.05, 4.69) is 17.9 Å². The second-order valence-electron chi connectivity index (χ2n) is 3.87. The fraction of sp³-hybridized carbons (Fsp3) is 0.600. The highest BCUT2D eigenvalue weighted by atomic mass is 35.5. The molecule has 78 valence electrons. The van der Waals surface area contributed by atoms with Crippen LogP contribution in [-0.2, 0) is 6.54 Å². The van der Waals surface area contributed by atoms with E-state index in [9.17, 15) is 0 Å². The van der Waals surface area contributed by atoms with Gasteiger partial charge in [-0.3, -0.25) is 4.90 Å². The molecule has 1 saturated heterocycles. The highest BCUT2D eigenvalue weighted by molar-refractivity contribution is 7.16. The third-order valence-corrected chi connectivity index (χ3v) is 4.15. The Balaban J connectivity index is 1.98. The van der Waals surface area contributed by atoms with E-state index < -0.39 is 0 Å². The summed E-state index contributed by atoms with van der Waals surface area (Å²) < 4.78 is 0.871. The van der Waals surface area contributed by atoms with Gasteiger partial charge in [-0.05, 0) is 25.5 Å². The molecule has 2 N–H and O–H groups in total. The summed E-state index contributed by atoms with van der Waals surface area (Å²) in [5.41, 5.74) is 5.96. The molecular weight excluding hydrogens is 216 g/mol. The predicted octanol–water partition coefficient (Wildman–Crippen LogP) is 2.32. The molecule has 1 aliphatic heterocycles. The first kappa shape index (κ1) is 10.4. The minimum absolute atomic E-state index is 0.338. The van der Waals surface area contributed by atoms with Gasteiger partial charge in [-0.1, -0.05) is 11.6 Å². The Bertz CT molecular complexity index is 313. The molecule has 14 heavy (non-hydrogen) atoms. The monoisotopic (exact) mass is 230 g/mol. The number of nitrogens with zero attached hydrogens (tertiary/aromatic N) is 1. The minimum Gasteiger partial charge on any atom is -0.326 e. The summed E-state index contributed by atoms with van der Waals surface area (Å²) in [6.45, 7) is 4.30. The van der Waals surface area contributed by atoms with Crippen LogP contribution in [0.25, 0.3) is 0 Å². The lowest BCUT2D eigenvalue weighted by Crippen LogP contribution is -2.36. The van der Waals surface area contributed by atoms with Gasteiger partial charge in [-0.15, -0.1) is 11.3 Å². The SMILES string of the molecule is CC1C(N)CCN1Cc1ccc(Cl)s1. The molecule has 2 atom stereocenters. The average Bonchev–Trinajstić information content (AvgIpc) is 2.67. The fourth-order valence-electron chi connectivity index (χ4n) is 1.89. The molecule has 0 radical (unpaired) electrons. The maximum absolute atomic E-state index is 5.96. The number of hydrogen-bond acceptors (Lipinski definition) is 3. The molecule has 1 aromatic rings. The third-order valence-electron chi connectivity index (χ3n) is 2.93. The molecule has 2 unspecified atom stereocenters. The molecule has 0 spiro atoms. The normalized spacial score (nSPS) is 28.5. The third kappa shape index (κ3) is 2.11. The van der Waals surface area contributed by atoms with Crippen LogP contribution < -0.4 is 5.73 Å². The van der Waals surface area contributed by atoms with Crippen molar-refractivity contribution in [2.24, 2.45) is 5.73 Å². The maximum Gasteiger partial charge on any atom is 0.0931 e. The summed E-state index contributed by atoms with van der Waals surface area (Å²) in [7, 11) is 0. The Kier molecular flexibility index (Phi) is 3.12. The van der Waals surface area contributed by atoms with Gasteiger partial charge in [0.25, 0.3) is 0 Å². The standard InChI is InChI=1S/C10H15ClN2S/c1-7-9(12)4-5-13(7)6-8-2-3-10(11)14-8/h2-3,7,9H,4-6,12H2,1H3. The quantitative estimate of drug-likeness (QED) is 0.845. The van der Waals surface area contributed by atoms with Crippen molar-refractivity contribution in [3.8, 4) is 0 Å². The fourth-order valence-corrected chi connectivity index (χ4v) is 3.00. The number of halogens is 1. The lowest BCUT2D eigenvalue weighted by Gasteiger charge is -2.21. The van der Waals surface area contributed by atoms with Crippen molar-refractivity contribution in [1.29, 1.82) is 0 Å². The van der Waals surface area contributed by atoms with Crippen LogP contribution in [0.5, 0.6) is 0 Å². The van der Waals surface area contributed by atoms with Gasteiger partial charge in [0.1, 0.15) is 0 Å². The zero-order valence-corrected chi connectivity index (χ0v) is 9.81. The first-order valence-corrected chi connectivity index (χ1v) is 6.10. The van der Waals surface area contributed by atoms with Crippen LogP contribution in [0.3, 0.4) is 0 Å². The summed E-state index contributed by atoms with van der Waals surface area (Å²) in [4.78, 5) is 3.75. The lowest BCUT2D eigenvalue weighted by molar-refractivity contribution is 0.254. The molecule has 1 fully saturated rings. The lowest BCUT2D eigenvalue weighted by atomic mass is 10.2.